The number of rotatable bonds is 8. The van der Waals surface area contributed by atoms with E-state index in [1.165, 1.54) is 11.1 Å². The summed E-state index contributed by atoms with van der Waals surface area (Å²) in [5.74, 6) is 0.0307. The Hall–Kier alpha value is -1.39. The van der Waals surface area contributed by atoms with Crippen LogP contribution >= 0.6 is 0 Å². The Morgan fingerprint density at radius 3 is 2.86 bits per heavy atom. The molecule has 0 spiro atoms. The summed E-state index contributed by atoms with van der Waals surface area (Å²) in [6.45, 7) is 4.38. The van der Waals surface area contributed by atoms with Crippen LogP contribution in [0.5, 0.6) is 0 Å². The molecule has 2 rings (SSSR count). The summed E-state index contributed by atoms with van der Waals surface area (Å²) in [5.41, 5.74) is 2.90. The Kier molecular flexibility index (Phi) is 6.21. The average Bonchev–Trinajstić information content (AvgIpc) is 2.90. The van der Waals surface area contributed by atoms with Gasteiger partial charge in [0.05, 0.1) is 0 Å². The minimum Gasteiger partial charge on any atom is -0.396 e. The summed E-state index contributed by atoms with van der Waals surface area (Å²) < 4.78 is 0. The van der Waals surface area contributed by atoms with Gasteiger partial charge in [0.15, 0.2) is 0 Å². The zero-order valence-electron chi connectivity index (χ0n) is 12.8. The van der Waals surface area contributed by atoms with Gasteiger partial charge in [0, 0.05) is 39.2 Å². The lowest BCUT2D eigenvalue weighted by atomic mass is 10.1. The summed E-state index contributed by atoms with van der Waals surface area (Å²) >= 11 is 0. The molecule has 0 radical (unpaired) electrons. The molecule has 0 saturated heterocycles. The van der Waals surface area contributed by atoms with Crippen LogP contribution in [0.3, 0.4) is 0 Å². The third-order valence-electron chi connectivity index (χ3n) is 4.14. The van der Waals surface area contributed by atoms with E-state index in [4.69, 9.17) is 5.11 Å². The zero-order valence-corrected chi connectivity index (χ0v) is 12.8. The smallest absolute Gasteiger partial charge is 0.216 e. The van der Waals surface area contributed by atoms with Gasteiger partial charge in [0.25, 0.3) is 0 Å². The topological polar surface area (TPSA) is 52.6 Å². The van der Waals surface area contributed by atoms with Crippen LogP contribution in [0.25, 0.3) is 0 Å². The molecular formula is C17H26N2O2. The number of aryl methyl sites for hydroxylation is 1. The normalized spacial score (nSPS) is 17.0. The predicted molar refractivity (Wildman–Crippen MR) is 84.1 cm³/mol. The maximum absolute atomic E-state index is 10.9. The van der Waals surface area contributed by atoms with E-state index in [1.807, 2.05) is 0 Å². The third-order valence-corrected chi connectivity index (χ3v) is 4.14. The molecule has 0 aliphatic heterocycles. The van der Waals surface area contributed by atoms with Gasteiger partial charge in [-0.15, -0.1) is 0 Å². The van der Waals surface area contributed by atoms with Gasteiger partial charge in [-0.3, -0.25) is 9.69 Å². The van der Waals surface area contributed by atoms with Crippen LogP contribution in [-0.2, 0) is 11.2 Å². The molecule has 1 aromatic carbocycles. The maximum atomic E-state index is 10.9. The first-order valence-electron chi connectivity index (χ1n) is 7.89. The molecule has 116 valence electrons. The minimum atomic E-state index is 0.0307. The molecule has 1 aromatic rings. The van der Waals surface area contributed by atoms with Crippen molar-refractivity contribution in [2.24, 2.45) is 0 Å². The Bertz CT molecular complexity index is 462. The standard InChI is InChI=1S/C17H26N2O2/c1-14(21)18-10-4-11-19(12-5-13-20)17-9-8-15-6-2-3-7-16(15)17/h2-3,6-7,17,20H,4-5,8-13H2,1H3,(H,18,21). The fraction of sp³-hybridized carbons (Fsp3) is 0.588. The molecular weight excluding hydrogens is 264 g/mol. The van der Waals surface area contributed by atoms with E-state index in [2.05, 4.69) is 34.5 Å². The molecule has 1 aliphatic carbocycles. The predicted octanol–water partition coefficient (Wildman–Crippen LogP) is 1.88. The van der Waals surface area contributed by atoms with Gasteiger partial charge in [-0.2, -0.15) is 0 Å². The summed E-state index contributed by atoms with van der Waals surface area (Å²) in [6.07, 6.45) is 4.05. The SMILES string of the molecule is CC(=O)NCCCN(CCCO)C1CCc2ccccc21. The van der Waals surface area contributed by atoms with Crippen LogP contribution in [0, 0.1) is 0 Å². The van der Waals surface area contributed by atoms with Crippen molar-refractivity contribution < 1.29 is 9.90 Å². The summed E-state index contributed by atoms with van der Waals surface area (Å²) in [4.78, 5) is 13.4. The highest BCUT2D eigenvalue weighted by Crippen LogP contribution is 2.35. The van der Waals surface area contributed by atoms with E-state index >= 15 is 0 Å². The van der Waals surface area contributed by atoms with E-state index in [9.17, 15) is 4.79 Å². The maximum Gasteiger partial charge on any atom is 0.216 e. The van der Waals surface area contributed by atoms with Gasteiger partial charge < -0.3 is 10.4 Å². The van der Waals surface area contributed by atoms with E-state index in [0.717, 1.165) is 45.3 Å². The van der Waals surface area contributed by atoms with Crippen LogP contribution in [0.4, 0.5) is 0 Å². The molecule has 0 saturated carbocycles. The summed E-state index contributed by atoms with van der Waals surface area (Å²) in [5, 5.41) is 12.0. The molecule has 4 nitrogen and oxygen atoms in total. The number of benzene rings is 1. The fourth-order valence-electron chi connectivity index (χ4n) is 3.16. The Morgan fingerprint density at radius 2 is 2.10 bits per heavy atom. The van der Waals surface area contributed by atoms with E-state index in [-0.39, 0.29) is 12.5 Å². The molecule has 0 fully saturated rings. The van der Waals surface area contributed by atoms with Crippen molar-refractivity contribution in [3.05, 3.63) is 35.4 Å². The van der Waals surface area contributed by atoms with E-state index in [1.54, 1.807) is 6.92 Å². The molecule has 1 amide bonds. The second kappa shape index (κ2) is 8.15. The lowest BCUT2D eigenvalue weighted by Crippen LogP contribution is -2.32. The van der Waals surface area contributed by atoms with Gasteiger partial charge in [0.1, 0.15) is 0 Å². The van der Waals surface area contributed by atoms with Crippen molar-refractivity contribution in [2.45, 2.75) is 38.6 Å². The number of aliphatic hydroxyl groups is 1. The van der Waals surface area contributed by atoms with Crippen LogP contribution in [0.1, 0.15) is 43.4 Å². The highest BCUT2D eigenvalue weighted by atomic mass is 16.3. The van der Waals surface area contributed by atoms with E-state index in [0.29, 0.717) is 6.04 Å². The lowest BCUT2D eigenvalue weighted by Gasteiger charge is -2.29. The van der Waals surface area contributed by atoms with Crippen molar-refractivity contribution in [2.75, 3.05) is 26.2 Å². The largest absolute Gasteiger partial charge is 0.396 e. The monoisotopic (exact) mass is 290 g/mol. The van der Waals surface area contributed by atoms with Crippen LogP contribution < -0.4 is 5.32 Å². The number of hydrogen-bond acceptors (Lipinski definition) is 3. The number of hydrogen-bond donors (Lipinski definition) is 2. The number of amides is 1. The van der Waals surface area contributed by atoms with Crippen LogP contribution in [0.15, 0.2) is 24.3 Å². The number of aliphatic hydroxyl groups excluding tert-OH is 1. The number of carbonyl (C=O) groups is 1. The van der Waals surface area contributed by atoms with Gasteiger partial charge >= 0.3 is 0 Å². The van der Waals surface area contributed by atoms with Crippen molar-refractivity contribution in [3.8, 4) is 0 Å². The van der Waals surface area contributed by atoms with Crippen LogP contribution in [-0.4, -0.2) is 42.2 Å². The second-order valence-electron chi connectivity index (χ2n) is 5.70. The van der Waals surface area contributed by atoms with Crippen molar-refractivity contribution >= 4 is 5.91 Å². The molecule has 0 bridgehead atoms. The zero-order chi connectivity index (χ0) is 15.1. The first-order valence-corrected chi connectivity index (χ1v) is 7.89. The molecule has 21 heavy (non-hydrogen) atoms. The van der Waals surface area contributed by atoms with Crippen LogP contribution in [0.2, 0.25) is 0 Å². The first kappa shape index (κ1) is 16.0. The second-order valence-corrected chi connectivity index (χ2v) is 5.70. The Labute approximate surface area is 127 Å². The van der Waals surface area contributed by atoms with Crippen molar-refractivity contribution in [3.63, 3.8) is 0 Å². The van der Waals surface area contributed by atoms with Crippen molar-refractivity contribution in [1.29, 1.82) is 0 Å². The van der Waals surface area contributed by atoms with Gasteiger partial charge in [-0.25, -0.2) is 0 Å². The molecule has 0 heterocycles. The van der Waals surface area contributed by atoms with E-state index < -0.39 is 0 Å². The molecule has 2 N–H and O–H groups in total. The molecule has 4 heteroatoms. The number of fused-ring (bicyclic) bond motifs is 1. The highest BCUT2D eigenvalue weighted by Gasteiger charge is 2.26. The van der Waals surface area contributed by atoms with Gasteiger partial charge in [0.2, 0.25) is 5.91 Å². The lowest BCUT2D eigenvalue weighted by molar-refractivity contribution is -0.118. The number of nitrogens with one attached hydrogen (secondary N) is 1. The minimum absolute atomic E-state index is 0.0307. The molecule has 0 aromatic heterocycles. The fourth-order valence-corrected chi connectivity index (χ4v) is 3.16. The highest BCUT2D eigenvalue weighted by molar-refractivity contribution is 5.72. The molecule has 1 aliphatic rings. The first-order chi connectivity index (χ1) is 10.2. The summed E-state index contributed by atoms with van der Waals surface area (Å²) in [7, 11) is 0. The summed E-state index contributed by atoms with van der Waals surface area (Å²) in [6, 6.07) is 9.13. The van der Waals surface area contributed by atoms with Crippen molar-refractivity contribution in [1.82, 2.24) is 10.2 Å². The number of nitrogens with zero attached hydrogens (tertiary/aromatic N) is 1. The third kappa shape index (κ3) is 4.55. The quantitative estimate of drug-likeness (QED) is 0.719. The Balaban J connectivity index is 1.94. The average molecular weight is 290 g/mol. The Morgan fingerprint density at radius 1 is 1.33 bits per heavy atom. The number of carbonyl (C=O) groups excluding carboxylic acids is 1. The molecule has 1 atom stereocenters. The van der Waals surface area contributed by atoms with Gasteiger partial charge in [-0.1, -0.05) is 24.3 Å². The van der Waals surface area contributed by atoms with Gasteiger partial charge in [-0.05, 0) is 36.8 Å². The molecule has 1 unspecified atom stereocenters.